The minimum Gasteiger partial charge on any atom is -0.299 e. The van der Waals surface area contributed by atoms with Gasteiger partial charge in [0.25, 0.3) is 0 Å². The summed E-state index contributed by atoms with van der Waals surface area (Å²) in [6.45, 7) is 2.85. The average molecular weight is 185 g/mol. The lowest BCUT2D eigenvalue weighted by Crippen LogP contribution is -2.19. The predicted octanol–water partition coefficient (Wildman–Crippen LogP) is 2.21. The summed E-state index contributed by atoms with van der Waals surface area (Å²) in [6.07, 6.45) is 7.61. The average Bonchev–Trinajstić information content (AvgIpc) is 2.60. The van der Waals surface area contributed by atoms with Crippen molar-refractivity contribution in [2.75, 3.05) is 6.54 Å². The van der Waals surface area contributed by atoms with Gasteiger partial charge in [0.05, 0.1) is 6.54 Å². The van der Waals surface area contributed by atoms with Gasteiger partial charge in [-0.2, -0.15) is 0 Å². The molecule has 0 aliphatic heterocycles. The van der Waals surface area contributed by atoms with Gasteiger partial charge in [-0.1, -0.05) is 24.1 Å². The normalized spacial score (nSPS) is 19.0. The first kappa shape index (κ1) is 9.30. The summed E-state index contributed by atoms with van der Waals surface area (Å²) in [6, 6.07) is 7.00. The Bertz CT molecular complexity index is 373. The van der Waals surface area contributed by atoms with E-state index in [-0.39, 0.29) is 0 Å². The second kappa shape index (κ2) is 3.86. The predicted molar refractivity (Wildman–Crippen MR) is 59.1 cm³/mol. The van der Waals surface area contributed by atoms with Crippen LogP contribution < -0.4 is 5.32 Å². The minimum absolute atomic E-state index is 0.473. The van der Waals surface area contributed by atoms with Crippen LogP contribution in [0.4, 0.5) is 0 Å². The van der Waals surface area contributed by atoms with Crippen molar-refractivity contribution in [3.8, 4) is 12.3 Å². The number of terminal acetylenes is 1. The van der Waals surface area contributed by atoms with Crippen molar-refractivity contribution in [2.45, 2.75) is 25.8 Å². The van der Waals surface area contributed by atoms with Crippen LogP contribution in [-0.2, 0) is 6.42 Å². The van der Waals surface area contributed by atoms with Crippen LogP contribution in [-0.4, -0.2) is 6.54 Å². The molecule has 14 heavy (non-hydrogen) atoms. The molecule has 0 spiro atoms. The molecule has 1 aliphatic rings. The summed E-state index contributed by atoms with van der Waals surface area (Å²) >= 11 is 0. The van der Waals surface area contributed by atoms with Crippen molar-refractivity contribution in [1.29, 1.82) is 0 Å². The molecule has 0 bridgehead atoms. The van der Waals surface area contributed by atoms with Gasteiger partial charge in [0.15, 0.2) is 0 Å². The van der Waals surface area contributed by atoms with Crippen LogP contribution in [0, 0.1) is 19.3 Å². The molecule has 1 heteroatoms. The maximum Gasteiger partial charge on any atom is 0.0578 e. The third-order valence-electron chi connectivity index (χ3n) is 2.96. The summed E-state index contributed by atoms with van der Waals surface area (Å²) in [4.78, 5) is 0. The van der Waals surface area contributed by atoms with E-state index >= 15 is 0 Å². The van der Waals surface area contributed by atoms with E-state index in [1.807, 2.05) is 0 Å². The molecular weight excluding hydrogens is 170 g/mol. The van der Waals surface area contributed by atoms with Gasteiger partial charge in [0, 0.05) is 6.04 Å². The van der Waals surface area contributed by atoms with E-state index in [2.05, 4.69) is 36.4 Å². The highest BCUT2D eigenvalue weighted by Gasteiger charge is 2.22. The molecule has 1 nitrogen and oxygen atoms in total. The lowest BCUT2D eigenvalue weighted by molar-refractivity contribution is 0.568. The first-order valence-electron chi connectivity index (χ1n) is 5.08. The molecule has 1 N–H and O–H groups in total. The molecule has 72 valence electrons. The highest BCUT2D eigenvalue weighted by atomic mass is 14.9. The smallest absolute Gasteiger partial charge is 0.0578 e. The topological polar surface area (TPSA) is 12.0 Å². The fourth-order valence-electron chi connectivity index (χ4n) is 2.23. The van der Waals surface area contributed by atoms with E-state index in [0.717, 1.165) is 0 Å². The van der Waals surface area contributed by atoms with Crippen molar-refractivity contribution in [1.82, 2.24) is 5.32 Å². The highest BCUT2D eigenvalue weighted by molar-refractivity contribution is 5.40. The van der Waals surface area contributed by atoms with Crippen molar-refractivity contribution < 1.29 is 0 Å². The zero-order valence-corrected chi connectivity index (χ0v) is 8.51. The van der Waals surface area contributed by atoms with Crippen LogP contribution in [0.25, 0.3) is 0 Å². The molecule has 0 aromatic heterocycles. The van der Waals surface area contributed by atoms with Crippen molar-refractivity contribution in [3.05, 3.63) is 34.9 Å². The number of nitrogens with one attached hydrogen (secondary N) is 1. The Hall–Kier alpha value is -1.26. The van der Waals surface area contributed by atoms with E-state index in [0.29, 0.717) is 12.6 Å². The molecule has 1 atom stereocenters. The summed E-state index contributed by atoms with van der Waals surface area (Å²) in [5.74, 6) is 2.63. The lowest BCUT2D eigenvalue weighted by atomic mass is 10.0. The Morgan fingerprint density at radius 2 is 2.43 bits per heavy atom. The third kappa shape index (κ3) is 1.54. The van der Waals surface area contributed by atoms with Crippen LogP contribution in [0.5, 0.6) is 0 Å². The first-order chi connectivity index (χ1) is 6.83. The summed E-state index contributed by atoms with van der Waals surface area (Å²) in [5.41, 5.74) is 4.37. The van der Waals surface area contributed by atoms with E-state index in [4.69, 9.17) is 6.42 Å². The Balaban J connectivity index is 2.23. The number of hydrogen-bond donors (Lipinski definition) is 1. The molecule has 0 fully saturated rings. The number of rotatable bonds is 2. The van der Waals surface area contributed by atoms with Crippen LogP contribution >= 0.6 is 0 Å². The Morgan fingerprint density at radius 3 is 3.21 bits per heavy atom. The van der Waals surface area contributed by atoms with Crippen LogP contribution in [0.2, 0.25) is 0 Å². The molecule has 2 rings (SSSR count). The molecular formula is C13H15N. The largest absolute Gasteiger partial charge is 0.299 e. The zero-order chi connectivity index (χ0) is 9.97. The molecule has 1 aromatic carbocycles. The summed E-state index contributed by atoms with van der Waals surface area (Å²) < 4.78 is 0. The summed E-state index contributed by atoms with van der Waals surface area (Å²) in [5, 5.41) is 3.38. The fraction of sp³-hybridized carbons (Fsp3) is 0.385. The van der Waals surface area contributed by atoms with E-state index in [9.17, 15) is 0 Å². The van der Waals surface area contributed by atoms with E-state index < -0.39 is 0 Å². The highest BCUT2D eigenvalue weighted by Crippen LogP contribution is 2.32. The third-order valence-corrected chi connectivity index (χ3v) is 2.96. The molecule has 1 aliphatic carbocycles. The van der Waals surface area contributed by atoms with Gasteiger partial charge in [-0.05, 0) is 36.5 Å². The molecule has 0 saturated carbocycles. The van der Waals surface area contributed by atoms with Crippen molar-refractivity contribution in [2.24, 2.45) is 0 Å². The van der Waals surface area contributed by atoms with Crippen LogP contribution in [0.1, 0.15) is 29.2 Å². The molecule has 0 amide bonds. The van der Waals surface area contributed by atoms with E-state index in [1.54, 1.807) is 0 Å². The Morgan fingerprint density at radius 1 is 1.57 bits per heavy atom. The second-order valence-corrected chi connectivity index (χ2v) is 3.82. The Labute approximate surface area is 85.5 Å². The van der Waals surface area contributed by atoms with Gasteiger partial charge < -0.3 is 0 Å². The molecule has 0 saturated heterocycles. The maximum absolute atomic E-state index is 5.24. The van der Waals surface area contributed by atoms with Crippen molar-refractivity contribution in [3.63, 3.8) is 0 Å². The number of benzene rings is 1. The molecule has 0 heterocycles. The van der Waals surface area contributed by atoms with Gasteiger partial charge in [0.2, 0.25) is 0 Å². The molecule has 0 radical (unpaired) electrons. The number of aryl methyl sites for hydroxylation is 1. The molecule has 1 unspecified atom stereocenters. The van der Waals surface area contributed by atoms with Crippen molar-refractivity contribution >= 4 is 0 Å². The van der Waals surface area contributed by atoms with Crippen LogP contribution in [0.15, 0.2) is 18.2 Å². The summed E-state index contributed by atoms with van der Waals surface area (Å²) in [7, 11) is 0. The molecule has 1 aromatic rings. The zero-order valence-electron chi connectivity index (χ0n) is 8.51. The number of hydrogen-bond acceptors (Lipinski definition) is 1. The quantitative estimate of drug-likeness (QED) is 0.696. The second-order valence-electron chi connectivity index (χ2n) is 3.82. The van der Waals surface area contributed by atoms with E-state index in [1.165, 1.54) is 29.5 Å². The maximum atomic E-state index is 5.24. The van der Waals surface area contributed by atoms with Gasteiger partial charge in [-0.3, -0.25) is 5.32 Å². The van der Waals surface area contributed by atoms with Gasteiger partial charge in [-0.15, -0.1) is 6.42 Å². The fourth-order valence-corrected chi connectivity index (χ4v) is 2.23. The minimum atomic E-state index is 0.473. The van der Waals surface area contributed by atoms with Gasteiger partial charge >= 0.3 is 0 Å². The standard InChI is InChI=1S/C13H15N/c1-3-9-14-13-8-7-11-10(2)5-4-6-12(11)13/h1,4-6,13-14H,7-9H2,2H3. The van der Waals surface area contributed by atoms with Crippen LogP contribution in [0.3, 0.4) is 0 Å². The number of fused-ring (bicyclic) bond motifs is 1. The first-order valence-corrected chi connectivity index (χ1v) is 5.08. The lowest BCUT2D eigenvalue weighted by Gasteiger charge is -2.12. The Kier molecular flexibility index (Phi) is 2.56. The SMILES string of the molecule is C#CCNC1CCc2c(C)cccc21. The van der Waals surface area contributed by atoms with Gasteiger partial charge in [-0.25, -0.2) is 0 Å². The monoisotopic (exact) mass is 185 g/mol. The van der Waals surface area contributed by atoms with Gasteiger partial charge in [0.1, 0.15) is 0 Å².